The van der Waals surface area contributed by atoms with Crippen molar-refractivity contribution >= 4 is 11.8 Å². The van der Waals surface area contributed by atoms with E-state index in [-0.39, 0.29) is 17.9 Å². The Labute approximate surface area is 136 Å². The molecule has 0 spiro atoms. The lowest BCUT2D eigenvalue weighted by Gasteiger charge is -2.32. The molecule has 124 valence electrons. The molecule has 0 radical (unpaired) electrons. The molecule has 0 atom stereocenters. The summed E-state index contributed by atoms with van der Waals surface area (Å²) in [7, 11) is 2.05. The summed E-state index contributed by atoms with van der Waals surface area (Å²) >= 11 is 0. The lowest BCUT2D eigenvalue weighted by atomic mass is 10.1. The van der Waals surface area contributed by atoms with Crippen LogP contribution in [0.5, 0.6) is 0 Å². The summed E-state index contributed by atoms with van der Waals surface area (Å²) < 4.78 is 0. The minimum absolute atomic E-state index is 0.0892. The number of piperazine rings is 1. The Bertz CT molecular complexity index is 576. The van der Waals surface area contributed by atoms with Crippen molar-refractivity contribution in [2.24, 2.45) is 0 Å². The molecule has 23 heavy (non-hydrogen) atoms. The van der Waals surface area contributed by atoms with E-state index in [1.165, 1.54) is 12.8 Å². The fourth-order valence-corrected chi connectivity index (χ4v) is 3.20. The number of likely N-dealkylation sites (N-methyl/N-ethyl adjacent to an activating group) is 1. The Morgan fingerprint density at radius 2 is 1.87 bits per heavy atom. The molecular weight excluding hydrogens is 292 g/mol. The molecular formula is C17H24N4O2. The summed E-state index contributed by atoms with van der Waals surface area (Å²) in [4.78, 5) is 33.0. The van der Waals surface area contributed by atoms with Gasteiger partial charge < -0.3 is 15.1 Å². The zero-order chi connectivity index (χ0) is 16.2. The number of hydrogen-bond donors (Lipinski definition) is 1. The fourth-order valence-electron chi connectivity index (χ4n) is 3.20. The lowest BCUT2D eigenvalue weighted by Crippen LogP contribution is -2.47. The van der Waals surface area contributed by atoms with Gasteiger partial charge in [-0.25, -0.2) is 0 Å². The molecule has 1 saturated heterocycles. The first kappa shape index (κ1) is 15.9. The number of amides is 2. The minimum Gasteiger partial charge on any atom is -0.349 e. The van der Waals surface area contributed by atoms with E-state index in [0.717, 1.165) is 25.9 Å². The van der Waals surface area contributed by atoms with Crippen molar-refractivity contribution in [2.45, 2.75) is 31.7 Å². The molecule has 2 fully saturated rings. The van der Waals surface area contributed by atoms with Crippen LogP contribution in [0.15, 0.2) is 18.3 Å². The smallest absolute Gasteiger partial charge is 0.272 e. The van der Waals surface area contributed by atoms with Gasteiger partial charge in [-0.1, -0.05) is 12.8 Å². The largest absolute Gasteiger partial charge is 0.349 e. The quantitative estimate of drug-likeness (QED) is 0.908. The van der Waals surface area contributed by atoms with Crippen molar-refractivity contribution in [1.29, 1.82) is 0 Å². The Morgan fingerprint density at radius 3 is 2.57 bits per heavy atom. The molecule has 1 aliphatic carbocycles. The molecule has 1 N–H and O–H groups in total. The first-order chi connectivity index (χ1) is 11.1. The van der Waals surface area contributed by atoms with Gasteiger partial charge in [-0.2, -0.15) is 0 Å². The second-order valence-electron chi connectivity index (χ2n) is 6.48. The number of rotatable bonds is 3. The standard InChI is InChI=1S/C17H24N4O2/c1-20-8-10-21(11-9-20)17(23)15-12-13(6-7-18-15)16(22)19-14-4-2-3-5-14/h6-7,12,14H,2-5,8-11H2,1H3,(H,19,22). The van der Waals surface area contributed by atoms with Gasteiger partial charge in [0.2, 0.25) is 0 Å². The lowest BCUT2D eigenvalue weighted by molar-refractivity contribution is 0.0658. The summed E-state index contributed by atoms with van der Waals surface area (Å²) in [6.07, 6.45) is 5.99. The van der Waals surface area contributed by atoms with Gasteiger partial charge in [-0.15, -0.1) is 0 Å². The Kier molecular flexibility index (Phi) is 4.91. The predicted molar refractivity (Wildman–Crippen MR) is 87.4 cm³/mol. The Hall–Kier alpha value is -1.95. The van der Waals surface area contributed by atoms with E-state index in [9.17, 15) is 9.59 Å². The third-order valence-corrected chi connectivity index (χ3v) is 4.72. The molecule has 1 aliphatic heterocycles. The molecule has 6 nitrogen and oxygen atoms in total. The number of nitrogens with one attached hydrogen (secondary N) is 1. The van der Waals surface area contributed by atoms with Crippen LogP contribution in [0.3, 0.4) is 0 Å². The molecule has 2 amide bonds. The van der Waals surface area contributed by atoms with E-state index in [0.29, 0.717) is 24.3 Å². The van der Waals surface area contributed by atoms with Gasteiger partial charge >= 0.3 is 0 Å². The number of carbonyl (C=O) groups excluding carboxylic acids is 2. The van der Waals surface area contributed by atoms with Crippen LogP contribution in [0.2, 0.25) is 0 Å². The van der Waals surface area contributed by atoms with E-state index in [1.54, 1.807) is 23.2 Å². The zero-order valence-corrected chi connectivity index (χ0v) is 13.6. The van der Waals surface area contributed by atoms with Crippen molar-refractivity contribution in [3.63, 3.8) is 0 Å². The summed E-state index contributed by atoms with van der Waals surface area (Å²) in [5.41, 5.74) is 0.873. The van der Waals surface area contributed by atoms with Crippen LogP contribution < -0.4 is 5.32 Å². The average molecular weight is 316 g/mol. The monoisotopic (exact) mass is 316 g/mol. The molecule has 1 aromatic heterocycles. The highest BCUT2D eigenvalue weighted by Gasteiger charge is 2.23. The number of hydrogen-bond acceptors (Lipinski definition) is 4. The van der Waals surface area contributed by atoms with Crippen LogP contribution in [0, 0.1) is 0 Å². The van der Waals surface area contributed by atoms with E-state index in [2.05, 4.69) is 15.2 Å². The SMILES string of the molecule is CN1CCN(C(=O)c2cc(C(=O)NC3CCCC3)ccn2)CC1. The average Bonchev–Trinajstić information content (AvgIpc) is 3.08. The van der Waals surface area contributed by atoms with Crippen molar-refractivity contribution in [2.75, 3.05) is 33.2 Å². The molecule has 0 bridgehead atoms. The van der Waals surface area contributed by atoms with Crippen LogP contribution in [-0.2, 0) is 0 Å². The summed E-state index contributed by atoms with van der Waals surface area (Å²) in [5.74, 6) is -0.194. The van der Waals surface area contributed by atoms with Crippen molar-refractivity contribution in [3.05, 3.63) is 29.6 Å². The molecule has 0 aromatic carbocycles. The first-order valence-corrected chi connectivity index (χ1v) is 8.38. The number of nitrogens with zero attached hydrogens (tertiary/aromatic N) is 3. The topological polar surface area (TPSA) is 65.5 Å². The summed E-state index contributed by atoms with van der Waals surface area (Å²) in [5, 5.41) is 3.05. The van der Waals surface area contributed by atoms with Gasteiger partial charge in [0.25, 0.3) is 11.8 Å². The maximum Gasteiger partial charge on any atom is 0.272 e. The molecule has 2 heterocycles. The Balaban J connectivity index is 1.66. The van der Waals surface area contributed by atoms with Gasteiger partial charge in [0.15, 0.2) is 0 Å². The zero-order valence-electron chi connectivity index (χ0n) is 13.6. The summed E-state index contributed by atoms with van der Waals surface area (Å²) in [6, 6.07) is 3.56. The van der Waals surface area contributed by atoms with Crippen LogP contribution >= 0.6 is 0 Å². The highest BCUT2D eigenvalue weighted by molar-refractivity contribution is 5.98. The van der Waals surface area contributed by atoms with E-state index in [1.807, 2.05) is 7.05 Å². The first-order valence-electron chi connectivity index (χ1n) is 8.38. The fraction of sp³-hybridized carbons (Fsp3) is 0.588. The molecule has 1 aromatic rings. The third kappa shape index (κ3) is 3.88. The second kappa shape index (κ2) is 7.08. The molecule has 0 unspecified atom stereocenters. The number of carbonyl (C=O) groups is 2. The molecule has 1 saturated carbocycles. The maximum atomic E-state index is 12.5. The van der Waals surface area contributed by atoms with Gasteiger partial charge in [-0.05, 0) is 32.0 Å². The van der Waals surface area contributed by atoms with Gasteiger partial charge in [0.05, 0.1) is 0 Å². The van der Waals surface area contributed by atoms with Gasteiger partial charge in [-0.3, -0.25) is 14.6 Å². The van der Waals surface area contributed by atoms with E-state index < -0.39 is 0 Å². The number of aromatic nitrogens is 1. The van der Waals surface area contributed by atoms with Gasteiger partial charge in [0.1, 0.15) is 5.69 Å². The second-order valence-corrected chi connectivity index (χ2v) is 6.48. The van der Waals surface area contributed by atoms with Crippen molar-refractivity contribution in [3.8, 4) is 0 Å². The third-order valence-electron chi connectivity index (χ3n) is 4.72. The Morgan fingerprint density at radius 1 is 1.17 bits per heavy atom. The predicted octanol–water partition coefficient (Wildman–Crippen LogP) is 1.14. The van der Waals surface area contributed by atoms with Crippen molar-refractivity contribution in [1.82, 2.24) is 20.1 Å². The minimum atomic E-state index is -0.105. The molecule has 6 heteroatoms. The van der Waals surface area contributed by atoms with Crippen molar-refractivity contribution < 1.29 is 9.59 Å². The highest BCUT2D eigenvalue weighted by Crippen LogP contribution is 2.18. The normalized spacial score (nSPS) is 19.8. The van der Waals surface area contributed by atoms with E-state index >= 15 is 0 Å². The highest BCUT2D eigenvalue weighted by atomic mass is 16.2. The van der Waals surface area contributed by atoms with E-state index in [4.69, 9.17) is 0 Å². The van der Waals surface area contributed by atoms with Crippen LogP contribution in [-0.4, -0.2) is 65.9 Å². The number of pyridine rings is 1. The van der Waals surface area contributed by atoms with Gasteiger partial charge in [0, 0.05) is 44.0 Å². The molecule has 3 rings (SSSR count). The van der Waals surface area contributed by atoms with Crippen LogP contribution in [0.25, 0.3) is 0 Å². The van der Waals surface area contributed by atoms with Crippen LogP contribution in [0.1, 0.15) is 46.5 Å². The maximum absolute atomic E-state index is 12.5. The summed E-state index contributed by atoms with van der Waals surface area (Å²) in [6.45, 7) is 3.15. The van der Waals surface area contributed by atoms with Crippen LogP contribution in [0.4, 0.5) is 0 Å². The molecule has 2 aliphatic rings.